The maximum atomic E-state index is 6.03. The van der Waals surface area contributed by atoms with Crippen LogP contribution in [0.5, 0.6) is 0 Å². The Morgan fingerprint density at radius 1 is 1.04 bits per heavy atom. The first-order chi connectivity index (χ1) is 13.8. The summed E-state index contributed by atoms with van der Waals surface area (Å²) >= 11 is 0. The molecule has 0 spiro atoms. The van der Waals surface area contributed by atoms with Crippen LogP contribution in [-0.4, -0.2) is 43.9 Å². The summed E-state index contributed by atoms with van der Waals surface area (Å²) in [6.07, 6.45) is 11.8. The molecular weight excluding hydrogens is 350 g/mol. The third-order valence-electron chi connectivity index (χ3n) is 6.91. The number of rotatable bonds is 6. The van der Waals surface area contributed by atoms with Crippen LogP contribution in [0, 0.1) is 5.92 Å². The topological polar surface area (TPSA) is 55.4 Å². The number of aromatic nitrogens is 1. The van der Waals surface area contributed by atoms with Gasteiger partial charge in [-0.15, -0.1) is 0 Å². The molecule has 5 heteroatoms. The number of ether oxygens (including phenoxy) is 2. The van der Waals surface area contributed by atoms with Gasteiger partial charge < -0.3 is 20.1 Å². The van der Waals surface area contributed by atoms with Gasteiger partial charge in [-0.25, -0.2) is 0 Å². The molecule has 2 N–H and O–H groups in total. The zero-order valence-electron chi connectivity index (χ0n) is 17.3. The number of nitrogens with zero attached hydrogens (tertiary/aromatic N) is 1. The fraction of sp³-hybridized carbons (Fsp3) is 0.696. The van der Waals surface area contributed by atoms with Crippen molar-refractivity contribution in [2.75, 3.05) is 20.8 Å². The van der Waals surface area contributed by atoms with Crippen molar-refractivity contribution in [3.63, 3.8) is 0 Å². The molecule has 1 saturated heterocycles. The van der Waals surface area contributed by atoms with Crippen LogP contribution in [0.15, 0.2) is 35.7 Å². The molecule has 0 saturated carbocycles. The maximum Gasteiger partial charge on any atom is 0.119 e. The summed E-state index contributed by atoms with van der Waals surface area (Å²) < 4.78 is 11.9. The lowest BCUT2D eigenvalue weighted by atomic mass is 9.77. The molecule has 3 heterocycles. The largest absolute Gasteiger partial charge is 0.383 e. The van der Waals surface area contributed by atoms with E-state index in [9.17, 15) is 0 Å². The summed E-state index contributed by atoms with van der Waals surface area (Å²) in [5.41, 5.74) is 4.08. The molecule has 28 heavy (non-hydrogen) atoms. The second-order valence-corrected chi connectivity index (χ2v) is 8.54. The van der Waals surface area contributed by atoms with E-state index in [1.54, 1.807) is 12.7 Å². The van der Waals surface area contributed by atoms with E-state index < -0.39 is 0 Å². The summed E-state index contributed by atoms with van der Waals surface area (Å²) in [4.78, 5) is 4.54. The van der Waals surface area contributed by atoms with Gasteiger partial charge in [-0.3, -0.25) is 4.98 Å². The quantitative estimate of drug-likeness (QED) is 0.781. The maximum absolute atomic E-state index is 6.03. The first kappa shape index (κ1) is 19.9. The molecule has 0 aromatic carbocycles. The van der Waals surface area contributed by atoms with E-state index in [1.807, 2.05) is 25.4 Å². The SMILES string of the molecule is COC(c1ccccn1)C1CCC2=C(CC(C(OC)C3CCCCN3)CC2)N1. The zero-order valence-corrected chi connectivity index (χ0v) is 17.3. The Kier molecular flexibility index (Phi) is 6.65. The third-order valence-corrected chi connectivity index (χ3v) is 6.91. The molecule has 154 valence electrons. The summed E-state index contributed by atoms with van der Waals surface area (Å²) in [7, 11) is 3.69. The lowest BCUT2D eigenvalue weighted by Gasteiger charge is -2.42. The minimum absolute atomic E-state index is 0.00569. The number of methoxy groups -OCH3 is 2. The second-order valence-electron chi connectivity index (χ2n) is 8.54. The van der Waals surface area contributed by atoms with Crippen LogP contribution < -0.4 is 10.6 Å². The molecule has 1 fully saturated rings. The van der Waals surface area contributed by atoms with Crippen molar-refractivity contribution in [2.24, 2.45) is 5.92 Å². The van der Waals surface area contributed by atoms with E-state index in [0.29, 0.717) is 18.1 Å². The van der Waals surface area contributed by atoms with Crippen LogP contribution in [-0.2, 0) is 9.47 Å². The first-order valence-corrected chi connectivity index (χ1v) is 11.0. The number of allylic oxidation sites excluding steroid dienone is 2. The van der Waals surface area contributed by atoms with Crippen molar-refractivity contribution in [2.45, 2.75) is 75.7 Å². The smallest absolute Gasteiger partial charge is 0.119 e. The van der Waals surface area contributed by atoms with E-state index in [2.05, 4.69) is 21.7 Å². The van der Waals surface area contributed by atoms with E-state index in [0.717, 1.165) is 25.1 Å². The summed E-state index contributed by atoms with van der Waals surface area (Å²) in [6, 6.07) is 6.86. The predicted molar refractivity (Wildman–Crippen MR) is 111 cm³/mol. The van der Waals surface area contributed by atoms with E-state index in [-0.39, 0.29) is 12.1 Å². The van der Waals surface area contributed by atoms with Crippen LogP contribution in [0.4, 0.5) is 0 Å². The number of piperidine rings is 1. The standard InChI is InChI=1S/C23H35N3O2/c1-27-22(18-7-3-5-13-24-18)17-10-9-16-11-12-20(26-21(16)15-17)23(28-2)19-8-4-6-14-25-19/h4,6,8,14,17-18,20,22-24,26H,3,5,7,9-13,15H2,1-2H3. The number of pyridine rings is 1. The Morgan fingerprint density at radius 3 is 2.64 bits per heavy atom. The van der Waals surface area contributed by atoms with Gasteiger partial charge in [0.05, 0.1) is 17.8 Å². The van der Waals surface area contributed by atoms with Crippen molar-refractivity contribution in [3.05, 3.63) is 41.4 Å². The molecule has 5 atom stereocenters. The molecule has 4 rings (SSSR count). The minimum atomic E-state index is -0.00569. The Bertz CT molecular complexity index is 657. The van der Waals surface area contributed by atoms with E-state index >= 15 is 0 Å². The van der Waals surface area contributed by atoms with Crippen molar-refractivity contribution in [1.82, 2.24) is 15.6 Å². The van der Waals surface area contributed by atoms with Gasteiger partial charge in [-0.1, -0.05) is 18.1 Å². The van der Waals surface area contributed by atoms with Gasteiger partial charge in [0.15, 0.2) is 0 Å². The van der Waals surface area contributed by atoms with E-state index in [1.165, 1.54) is 44.2 Å². The molecule has 2 aliphatic heterocycles. The molecule has 5 nitrogen and oxygen atoms in total. The molecule has 0 amide bonds. The number of hydrogen-bond donors (Lipinski definition) is 2. The second kappa shape index (κ2) is 9.38. The highest BCUT2D eigenvalue weighted by molar-refractivity contribution is 5.23. The van der Waals surface area contributed by atoms with Crippen molar-refractivity contribution in [3.8, 4) is 0 Å². The van der Waals surface area contributed by atoms with Gasteiger partial charge in [0.2, 0.25) is 0 Å². The number of nitrogens with one attached hydrogen (secondary N) is 2. The van der Waals surface area contributed by atoms with Crippen LogP contribution in [0.25, 0.3) is 0 Å². The first-order valence-electron chi connectivity index (χ1n) is 11.0. The fourth-order valence-electron chi connectivity index (χ4n) is 5.47. The highest BCUT2D eigenvalue weighted by Gasteiger charge is 2.37. The normalized spacial score (nSPS) is 30.3. The predicted octanol–water partition coefficient (Wildman–Crippen LogP) is 3.73. The van der Waals surface area contributed by atoms with Crippen molar-refractivity contribution in [1.29, 1.82) is 0 Å². The fourth-order valence-corrected chi connectivity index (χ4v) is 5.47. The Labute approximate surface area is 169 Å². The lowest BCUT2D eigenvalue weighted by molar-refractivity contribution is 0.00668. The van der Waals surface area contributed by atoms with Crippen LogP contribution in [0.3, 0.4) is 0 Å². The summed E-state index contributed by atoms with van der Waals surface area (Å²) in [6.45, 7) is 1.13. The highest BCUT2D eigenvalue weighted by Crippen LogP contribution is 2.39. The molecule has 1 aromatic heterocycles. The molecular formula is C23H35N3O2. The molecule has 1 aliphatic carbocycles. The molecule has 0 bridgehead atoms. The lowest BCUT2D eigenvalue weighted by Crippen LogP contribution is -2.49. The van der Waals surface area contributed by atoms with E-state index in [4.69, 9.17) is 9.47 Å². The van der Waals surface area contributed by atoms with Gasteiger partial charge >= 0.3 is 0 Å². The van der Waals surface area contributed by atoms with Crippen LogP contribution in [0.1, 0.15) is 63.2 Å². The number of hydrogen-bond acceptors (Lipinski definition) is 5. The Hall–Kier alpha value is -1.43. The molecule has 3 aliphatic rings. The summed E-state index contributed by atoms with van der Waals surface area (Å²) in [5, 5.41) is 7.56. The van der Waals surface area contributed by atoms with Crippen molar-refractivity contribution >= 4 is 0 Å². The zero-order chi connectivity index (χ0) is 19.3. The molecule has 1 aromatic rings. The van der Waals surface area contributed by atoms with Gasteiger partial charge in [-0.05, 0) is 69.5 Å². The minimum Gasteiger partial charge on any atom is -0.383 e. The van der Waals surface area contributed by atoms with Crippen LogP contribution in [0.2, 0.25) is 0 Å². The highest BCUT2D eigenvalue weighted by atomic mass is 16.5. The average Bonchev–Trinajstić information content (AvgIpc) is 2.76. The third kappa shape index (κ3) is 4.27. The average molecular weight is 386 g/mol. The molecule has 5 unspecified atom stereocenters. The van der Waals surface area contributed by atoms with Gasteiger partial charge in [0.25, 0.3) is 0 Å². The van der Waals surface area contributed by atoms with Crippen LogP contribution >= 0.6 is 0 Å². The monoisotopic (exact) mass is 385 g/mol. The van der Waals surface area contributed by atoms with Gasteiger partial charge in [-0.2, -0.15) is 0 Å². The Balaban J connectivity index is 1.44. The van der Waals surface area contributed by atoms with Crippen molar-refractivity contribution < 1.29 is 9.47 Å². The Morgan fingerprint density at radius 2 is 1.93 bits per heavy atom. The molecule has 0 radical (unpaired) electrons. The summed E-state index contributed by atoms with van der Waals surface area (Å²) in [5.74, 6) is 0.585. The van der Waals surface area contributed by atoms with Gasteiger partial charge in [0.1, 0.15) is 6.10 Å². The van der Waals surface area contributed by atoms with Gasteiger partial charge in [0, 0.05) is 32.2 Å².